The molecule has 6 nitrogen and oxygen atoms in total. The van der Waals surface area contributed by atoms with E-state index in [9.17, 15) is 9.59 Å². The van der Waals surface area contributed by atoms with Crippen LogP contribution >= 0.6 is 11.3 Å². The molecule has 2 saturated heterocycles. The molecule has 2 aromatic rings. The number of carbonyl (C=O) groups is 2. The summed E-state index contributed by atoms with van der Waals surface area (Å²) in [5.41, 5.74) is 0.389. The summed E-state index contributed by atoms with van der Waals surface area (Å²) < 4.78 is 5.59. The minimum atomic E-state index is -0.369. The van der Waals surface area contributed by atoms with Crippen LogP contribution < -0.4 is 5.32 Å². The van der Waals surface area contributed by atoms with E-state index in [0.29, 0.717) is 10.6 Å². The number of nitrogens with zero attached hydrogens (tertiary/aromatic N) is 2. The van der Waals surface area contributed by atoms with Gasteiger partial charge < -0.3 is 10.1 Å². The second-order valence-electron chi connectivity index (χ2n) is 6.08. The molecule has 1 N–H and O–H groups in total. The van der Waals surface area contributed by atoms with E-state index in [1.165, 1.54) is 24.9 Å². The van der Waals surface area contributed by atoms with Gasteiger partial charge in [-0.3, -0.25) is 14.7 Å². The Labute approximate surface area is 137 Å². The molecule has 2 aliphatic heterocycles. The van der Waals surface area contributed by atoms with Gasteiger partial charge in [-0.25, -0.2) is 4.79 Å². The number of pyridine rings is 1. The molecule has 0 radical (unpaired) electrons. The first-order chi connectivity index (χ1) is 11.1. The lowest BCUT2D eigenvalue weighted by Gasteiger charge is -2.25. The van der Waals surface area contributed by atoms with Crippen molar-refractivity contribution in [3.05, 3.63) is 28.9 Å². The van der Waals surface area contributed by atoms with Crippen LogP contribution in [0.3, 0.4) is 0 Å². The third-order valence-corrected chi connectivity index (χ3v) is 5.71. The first kappa shape index (κ1) is 14.6. The van der Waals surface area contributed by atoms with Crippen molar-refractivity contribution in [3.8, 4) is 0 Å². The molecule has 3 unspecified atom stereocenters. The molecule has 2 aromatic heterocycles. The van der Waals surface area contributed by atoms with E-state index < -0.39 is 0 Å². The van der Waals surface area contributed by atoms with Crippen LogP contribution in [0.1, 0.15) is 33.0 Å². The molecular formula is C16H17N3O3S. The fraction of sp³-hybridized carbons (Fsp3) is 0.438. The topological polar surface area (TPSA) is 71.5 Å². The standard InChI is InChI=1S/C16H17N3O3S/c1-22-16(21)13-5-10-7-17-11(6-12(10)23-13)15(20)18-14-4-9-2-3-19(14)8-9/h5-7,9,14H,2-4,8H2,1H3,(H,18,20). The Morgan fingerprint density at radius 1 is 1.43 bits per heavy atom. The number of rotatable bonds is 3. The van der Waals surface area contributed by atoms with Crippen LogP contribution in [-0.4, -0.2) is 48.1 Å². The highest BCUT2D eigenvalue weighted by Crippen LogP contribution is 2.31. The molecule has 0 aliphatic carbocycles. The number of fused-ring (bicyclic) bond motifs is 3. The number of piperidine rings is 1. The summed E-state index contributed by atoms with van der Waals surface area (Å²) >= 11 is 1.31. The smallest absolute Gasteiger partial charge is 0.348 e. The number of hydrogen-bond acceptors (Lipinski definition) is 6. The fourth-order valence-electron chi connectivity index (χ4n) is 3.44. The van der Waals surface area contributed by atoms with Gasteiger partial charge in [-0.05, 0) is 30.9 Å². The highest BCUT2D eigenvalue weighted by molar-refractivity contribution is 7.20. The van der Waals surface area contributed by atoms with Crippen molar-refractivity contribution in [2.24, 2.45) is 5.92 Å². The largest absolute Gasteiger partial charge is 0.465 e. The summed E-state index contributed by atoms with van der Waals surface area (Å²) in [4.78, 5) is 31.1. The van der Waals surface area contributed by atoms with Crippen molar-refractivity contribution in [1.82, 2.24) is 15.2 Å². The van der Waals surface area contributed by atoms with Gasteiger partial charge in [-0.1, -0.05) is 0 Å². The van der Waals surface area contributed by atoms with Crippen molar-refractivity contribution < 1.29 is 14.3 Å². The van der Waals surface area contributed by atoms with Crippen molar-refractivity contribution in [2.75, 3.05) is 20.2 Å². The van der Waals surface area contributed by atoms with E-state index in [-0.39, 0.29) is 18.0 Å². The van der Waals surface area contributed by atoms with Gasteiger partial charge in [0.25, 0.3) is 5.91 Å². The Morgan fingerprint density at radius 2 is 2.30 bits per heavy atom. The average Bonchev–Trinajstić information content (AvgIpc) is 3.27. The zero-order valence-electron chi connectivity index (χ0n) is 12.7. The number of methoxy groups -OCH3 is 1. The predicted molar refractivity (Wildman–Crippen MR) is 86.5 cm³/mol. The van der Waals surface area contributed by atoms with Gasteiger partial charge in [0, 0.05) is 29.4 Å². The van der Waals surface area contributed by atoms with Gasteiger partial charge in [-0.2, -0.15) is 0 Å². The van der Waals surface area contributed by atoms with Crippen LogP contribution in [-0.2, 0) is 4.74 Å². The molecule has 0 aromatic carbocycles. The molecule has 2 aliphatic rings. The van der Waals surface area contributed by atoms with Gasteiger partial charge in [-0.15, -0.1) is 11.3 Å². The molecule has 4 rings (SSSR count). The van der Waals surface area contributed by atoms with Crippen molar-refractivity contribution in [1.29, 1.82) is 0 Å². The number of ether oxygens (including phenoxy) is 1. The number of thiophene rings is 1. The van der Waals surface area contributed by atoms with E-state index in [2.05, 4.69) is 15.2 Å². The minimum absolute atomic E-state index is 0.132. The number of amides is 1. The summed E-state index contributed by atoms with van der Waals surface area (Å²) in [7, 11) is 1.36. The summed E-state index contributed by atoms with van der Waals surface area (Å²) in [5.74, 6) is 0.195. The summed E-state index contributed by atoms with van der Waals surface area (Å²) in [6, 6.07) is 3.48. The first-order valence-electron chi connectivity index (χ1n) is 7.67. The molecule has 3 atom stereocenters. The minimum Gasteiger partial charge on any atom is -0.465 e. The molecule has 23 heavy (non-hydrogen) atoms. The third kappa shape index (κ3) is 2.60. The maximum absolute atomic E-state index is 12.4. The van der Waals surface area contributed by atoms with Gasteiger partial charge in [0.2, 0.25) is 0 Å². The Morgan fingerprint density at radius 3 is 3.00 bits per heavy atom. The van der Waals surface area contributed by atoms with Crippen LogP contribution in [0.25, 0.3) is 10.1 Å². The first-order valence-corrected chi connectivity index (χ1v) is 8.48. The van der Waals surface area contributed by atoms with E-state index in [1.807, 2.05) is 0 Å². The van der Waals surface area contributed by atoms with Crippen LogP contribution in [0, 0.1) is 5.92 Å². The maximum atomic E-state index is 12.4. The second kappa shape index (κ2) is 5.58. The number of hydrogen-bond donors (Lipinski definition) is 1. The molecule has 0 spiro atoms. The van der Waals surface area contributed by atoms with Crippen molar-refractivity contribution >= 4 is 33.3 Å². The van der Waals surface area contributed by atoms with Crippen LogP contribution in [0.4, 0.5) is 0 Å². The Hall–Kier alpha value is -1.99. The molecule has 120 valence electrons. The summed E-state index contributed by atoms with van der Waals surface area (Å²) in [5, 5.41) is 3.91. The lowest BCUT2D eigenvalue weighted by Crippen LogP contribution is -2.45. The quantitative estimate of drug-likeness (QED) is 0.869. The predicted octanol–water partition coefficient (Wildman–Crippen LogP) is 1.86. The SMILES string of the molecule is COC(=O)c1cc2cnc(C(=O)NC3CC4CCN3C4)cc2s1. The molecule has 0 saturated carbocycles. The lowest BCUT2D eigenvalue weighted by molar-refractivity contribution is 0.0606. The zero-order valence-corrected chi connectivity index (χ0v) is 13.6. The molecular weight excluding hydrogens is 314 g/mol. The molecule has 1 amide bonds. The average molecular weight is 331 g/mol. The van der Waals surface area contributed by atoms with Gasteiger partial charge in [0.1, 0.15) is 10.6 Å². The van der Waals surface area contributed by atoms with Crippen LogP contribution in [0.5, 0.6) is 0 Å². The zero-order chi connectivity index (χ0) is 16.0. The van der Waals surface area contributed by atoms with Crippen molar-refractivity contribution in [2.45, 2.75) is 19.0 Å². The van der Waals surface area contributed by atoms with Crippen LogP contribution in [0.2, 0.25) is 0 Å². The van der Waals surface area contributed by atoms with Gasteiger partial charge in [0.15, 0.2) is 0 Å². The normalized spacial score (nSPS) is 25.7. The van der Waals surface area contributed by atoms with Gasteiger partial charge in [0.05, 0.1) is 13.3 Å². The number of nitrogens with one attached hydrogen (secondary N) is 1. The fourth-order valence-corrected chi connectivity index (χ4v) is 4.43. The number of aromatic nitrogens is 1. The second-order valence-corrected chi connectivity index (χ2v) is 7.17. The molecule has 7 heteroatoms. The summed E-state index contributed by atoms with van der Waals surface area (Å²) in [6.45, 7) is 2.15. The Balaban J connectivity index is 1.54. The van der Waals surface area contributed by atoms with Crippen LogP contribution in [0.15, 0.2) is 18.3 Å². The van der Waals surface area contributed by atoms with E-state index in [0.717, 1.165) is 35.5 Å². The monoisotopic (exact) mass is 331 g/mol. The van der Waals surface area contributed by atoms with E-state index in [1.54, 1.807) is 18.3 Å². The lowest BCUT2D eigenvalue weighted by atomic mass is 10.0. The third-order valence-electron chi connectivity index (χ3n) is 4.63. The molecule has 2 fully saturated rings. The highest BCUT2D eigenvalue weighted by Gasteiger charge is 2.38. The van der Waals surface area contributed by atoms with Crippen molar-refractivity contribution in [3.63, 3.8) is 0 Å². The Bertz CT molecular complexity index is 788. The van der Waals surface area contributed by atoms with E-state index >= 15 is 0 Å². The molecule has 2 bridgehead atoms. The maximum Gasteiger partial charge on any atom is 0.348 e. The summed E-state index contributed by atoms with van der Waals surface area (Å²) in [6.07, 6.45) is 4.03. The Kier molecular flexibility index (Phi) is 3.54. The molecule has 4 heterocycles. The van der Waals surface area contributed by atoms with Gasteiger partial charge >= 0.3 is 5.97 Å². The number of esters is 1. The van der Waals surface area contributed by atoms with E-state index in [4.69, 9.17) is 4.74 Å². The number of carbonyl (C=O) groups excluding carboxylic acids is 2. The highest BCUT2D eigenvalue weighted by atomic mass is 32.1.